The molecule has 0 radical (unpaired) electrons. The van der Waals surface area contributed by atoms with Crippen LogP contribution in [0.15, 0.2) is 30.3 Å². The number of likely N-dealkylation sites (tertiary alicyclic amines) is 1. The second-order valence-corrected chi connectivity index (χ2v) is 7.09. The maximum Gasteiger partial charge on any atom is 0.225 e. The highest BCUT2D eigenvalue weighted by Gasteiger charge is 2.39. The molecule has 1 aromatic rings. The van der Waals surface area contributed by atoms with Crippen molar-refractivity contribution in [3.8, 4) is 0 Å². The van der Waals surface area contributed by atoms with E-state index in [0.717, 1.165) is 25.1 Å². The van der Waals surface area contributed by atoms with Crippen LogP contribution in [0.4, 0.5) is 0 Å². The first-order valence-electron chi connectivity index (χ1n) is 8.89. The first kappa shape index (κ1) is 19.7. The molecule has 0 aromatic heterocycles. The lowest BCUT2D eigenvalue weighted by Crippen LogP contribution is -2.54. The number of rotatable bonds is 3. The fourth-order valence-corrected chi connectivity index (χ4v) is 3.89. The van der Waals surface area contributed by atoms with Gasteiger partial charge in [0.05, 0.1) is 12.0 Å². The van der Waals surface area contributed by atoms with E-state index in [-0.39, 0.29) is 42.2 Å². The van der Waals surface area contributed by atoms with Gasteiger partial charge in [0.15, 0.2) is 0 Å². The van der Waals surface area contributed by atoms with Crippen LogP contribution < -0.4 is 10.6 Å². The van der Waals surface area contributed by atoms with Gasteiger partial charge in [-0.3, -0.25) is 9.59 Å². The van der Waals surface area contributed by atoms with Crippen molar-refractivity contribution in [1.29, 1.82) is 0 Å². The summed E-state index contributed by atoms with van der Waals surface area (Å²) in [6, 6.07) is 9.88. The standard InChI is InChI=1S/C19H27N3O2.ClH/c1-13-10-11-20-12-16(13)21-19(24)15-8-9-17(23)22(2)18(15)14-6-4-3-5-7-14;/h3-7,13,15-16,18,20H,8-12H2,1-2H3,(H,21,24);1H. The summed E-state index contributed by atoms with van der Waals surface area (Å²) in [5.74, 6) is 0.474. The number of piperidine rings is 2. The normalized spacial score (nSPS) is 29.7. The van der Waals surface area contributed by atoms with Crippen molar-refractivity contribution in [2.45, 2.75) is 38.3 Å². The molecule has 3 rings (SSSR count). The van der Waals surface area contributed by atoms with E-state index in [1.54, 1.807) is 4.90 Å². The molecular weight excluding hydrogens is 338 g/mol. The lowest BCUT2D eigenvalue weighted by Gasteiger charge is -2.40. The predicted octanol–water partition coefficient (Wildman–Crippen LogP) is 2.13. The monoisotopic (exact) mass is 365 g/mol. The Labute approximate surface area is 155 Å². The van der Waals surface area contributed by atoms with Crippen LogP contribution in [0.1, 0.15) is 37.8 Å². The highest BCUT2D eigenvalue weighted by Crippen LogP contribution is 2.36. The molecule has 2 aliphatic rings. The Hall–Kier alpha value is -1.59. The molecular formula is C19H28ClN3O2. The average Bonchev–Trinajstić information content (AvgIpc) is 2.60. The molecule has 2 saturated heterocycles. The molecule has 5 nitrogen and oxygen atoms in total. The molecule has 4 atom stereocenters. The molecule has 0 spiro atoms. The Morgan fingerprint density at radius 3 is 2.64 bits per heavy atom. The number of hydrogen-bond donors (Lipinski definition) is 2. The van der Waals surface area contributed by atoms with Gasteiger partial charge in [-0.25, -0.2) is 0 Å². The van der Waals surface area contributed by atoms with Gasteiger partial charge in [0.25, 0.3) is 0 Å². The number of amides is 2. The number of carbonyl (C=O) groups is 2. The smallest absolute Gasteiger partial charge is 0.225 e. The Bertz CT molecular complexity index is 596. The van der Waals surface area contributed by atoms with E-state index in [2.05, 4.69) is 17.6 Å². The van der Waals surface area contributed by atoms with E-state index in [0.29, 0.717) is 18.8 Å². The summed E-state index contributed by atoms with van der Waals surface area (Å²) in [7, 11) is 1.81. The fourth-order valence-electron chi connectivity index (χ4n) is 3.89. The lowest BCUT2D eigenvalue weighted by molar-refractivity contribution is -0.142. The number of halogens is 1. The summed E-state index contributed by atoms with van der Waals surface area (Å²) in [4.78, 5) is 26.9. The number of nitrogens with zero attached hydrogens (tertiary/aromatic N) is 1. The molecule has 2 aliphatic heterocycles. The quantitative estimate of drug-likeness (QED) is 0.862. The molecule has 25 heavy (non-hydrogen) atoms. The van der Waals surface area contributed by atoms with Gasteiger partial charge in [-0.1, -0.05) is 37.3 Å². The molecule has 138 valence electrons. The summed E-state index contributed by atoms with van der Waals surface area (Å²) in [6.45, 7) is 4.03. The molecule has 0 aliphatic carbocycles. The van der Waals surface area contributed by atoms with Crippen molar-refractivity contribution in [2.24, 2.45) is 11.8 Å². The summed E-state index contributed by atoms with van der Waals surface area (Å²) in [5, 5.41) is 6.59. The topological polar surface area (TPSA) is 61.4 Å². The average molecular weight is 366 g/mol. The van der Waals surface area contributed by atoms with Crippen molar-refractivity contribution in [2.75, 3.05) is 20.1 Å². The van der Waals surface area contributed by atoms with Crippen LogP contribution in [0.3, 0.4) is 0 Å². The summed E-state index contributed by atoms with van der Waals surface area (Å²) >= 11 is 0. The van der Waals surface area contributed by atoms with Crippen LogP contribution in [-0.2, 0) is 9.59 Å². The van der Waals surface area contributed by atoms with Gasteiger partial charge in [-0.2, -0.15) is 0 Å². The van der Waals surface area contributed by atoms with Crippen LogP contribution in [-0.4, -0.2) is 42.9 Å². The zero-order valence-electron chi connectivity index (χ0n) is 14.9. The summed E-state index contributed by atoms with van der Waals surface area (Å²) in [6.07, 6.45) is 2.13. The van der Waals surface area contributed by atoms with E-state index in [1.165, 1.54) is 0 Å². The minimum absolute atomic E-state index is 0. The van der Waals surface area contributed by atoms with Crippen LogP contribution in [0.25, 0.3) is 0 Å². The van der Waals surface area contributed by atoms with Gasteiger partial charge in [-0.05, 0) is 30.9 Å². The van der Waals surface area contributed by atoms with Gasteiger partial charge in [-0.15, -0.1) is 12.4 Å². The van der Waals surface area contributed by atoms with Crippen LogP contribution in [0, 0.1) is 11.8 Å². The number of carbonyl (C=O) groups excluding carboxylic acids is 2. The molecule has 0 bridgehead atoms. The number of nitrogens with one attached hydrogen (secondary N) is 2. The van der Waals surface area contributed by atoms with E-state index in [4.69, 9.17) is 0 Å². The second kappa shape index (κ2) is 8.68. The maximum atomic E-state index is 13.0. The minimum Gasteiger partial charge on any atom is -0.352 e. The van der Waals surface area contributed by atoms with Crippen LogP contribution in [0.2, 0.25) is 0 Å². The zero-order chi connectivity index (χ0) is 17.1. The van der Waals surface area contributed by atoms with E-state index < -0.39 is 0 Å². The molecule has 6 heteroatoms. The summed E-state index contributed by atoms with van der Waals surface area (Å²) in [5.41, 5.74) is 1.03. The molecule has 2 fully saturated rings. The third-order valence-corrected chi connectivity index (χ3v) is 5.49. The largest absolute Gasteiger partial charge is 0.352 e. The van der Waals surface area contributed by atoms with Crippen molar-refractivity contribution >= 4 is 24.2 Å². The van der Waals surface area contributed by atoms with Crippen molar-refractivity contribution in [3.63, 3.8) is 0 Å². The van der Waals surface area contributed by atoms with Crippen molar-refractivity contribution < 1.29 is 9.59 Å². The molecule has 1 aromatic carbocycles. The molecule has 2 amide bonds. The van der Waals surface area contributed by atoms with Crippen molar-refractivity contribution in [1.82, 2.24) is 15.5 Å². The van der Waals surface area contributed by atoms with Crippen LogP contribution in [0.5, 0.6) is 0 Å². The Balaban J connectivity index is 0.00000225. The van der Waals surface area contributed by atoms with E-state index in [9.17, 15) is 9.59 Å². The first-order valence-corrected chi connectivity index (χ1v) is 8.89. The number of hydrogen-bond acceptors (Lipinski definition) is 3. The van der Waals surface area contributed by atoms with Gasteiger partial charge >= 0.3 is 0 Å². The Morgan fingerprint density at radius 1 is 1.24 bits per heavy atom. The fraction of sp³-hybridized carbons (Fsp3) is 0.579. The Kier molecular flexibility index (Phi) is 6.85. The highest BCUT2D eigenvalue weighted by molar-refractivity contribution is 5.85. The third-order valence-electron chi connectivity index (χ3n) is 5.49. The third kappa shape index (κ3) is 4.33. The zero-order valence-corrected chi connectivity index (χ0v) is 15.7. The second-order valence-electron chi connectivity index (χ2n) is 7.09. The van der Waals surface area contributed by atoms with Crippen molar-refractivity contribution in [3.05, 3.63) is 35.9 Å². The SMILES string of the molecule is CC1CCNCC1NC(=O)C1CCC(=O)N(C)C1c1ccccc1.Cl. The van der Waals surface area contributed by atoms with Crippen LogP contribution >= 0.6 is 12.4 Å². The minimum atomic E-state index is -0.191. The molecule has 2 heterocycles. The van der Waals surface area contributed by atoms with E-state index >= 15 is 0 Å². The number of benzene rings is 1. The summed E-state index contributed by atoms with van der Waals surface area (Å²) < 4.78 is 0. The van der Waals surface area contributed by atoms with Gasteiger partial charge in [0.2, 0.25) is 11.8 Å². The molecule has 4 unspecified atom stereocenters. The predicted molar refractivity (Wildman–Crippen MR) is 101 cm³/mol. The molecule has 2 N–H and O–H groups in total. The van der Waals surface area contributed by atoms with Gasteiger partial charge in [0, 0.05) is 26.1 Å². The first-order chi connectivity index (χ1) is 11.6. The maximum absolute atomic E-state index is 13.0. The highest BCUT2D eigenvalue weighted by atomic mass is 35.5. The molecule has 0 saturated carbocycles. The Morgan fingerprint density at radius 2 is 1.96 bits per heavy atom. The van der Waals surface area contributed by atoms with Gasteiger partial charge in [0.1, 0.15) is 0 Å². The lowest BCUT2D eigenvalue weighted by atomic mass is 9.83. The van der Waals surface area contributed by atoms with E-state index in [1.807, 2.05) is 37.4 Å². The van der Waals surface area contributed by atoms with Gasteiger partial charge < -0.3 is 15.5 Å².